The quantitative estimate of drug-likeness (QED) is 0.400. The van der Waals surface area contributed by atoms with E-state index in [0.717, 1.165) is 49.3 Å². The molecular formula is C27H32ClN3O3. The molecule has 0 spiro atoms. The number of oxime groups is 1. The maximum absolute atomic E-state index is 12.8. The number of hydrogen-bond acceptors (Lipinski definition) is 5. The third kappa shape index (κ3) is 4.06. The number of carbonyl (C=O) groups is 1. The molecule has 2 fully saturated rings. The number of nitrogens with zero attached hydrogens (tertiary/aromatic N) is 2. The highest BCUT2D eigenvalue weighted by Crippen LogP contribution is 2.62. The Morgan fingerprint density at radius 1 is 1.32 bits per heavy atom. The highest BCUT2D eigenvalue weighted by atomic mass is 35.5. The van der Waals surface area contributed by atoms with E-state index in [1.165, 1.54) is 11.1 Å². The van der Waals surface area contributed by atoms with Gasteiger partial charge in [-0.1, -0.05) is 29.7 Å². The molecule has 180 valence electrons. The molecule has 5 atom stereocenters. The highest BCUT2D eigenvalue weighted by Gasteiger charge is 2.57. The number of benzene rings is 1. The number of pyridine rings is 1. The van der Waals surface area contributed by atoms with Gasteiger partial charge in [-0.25, -0.2) is 4.98 Å². The monoisotopic (exact) mass is 481 g/mol. The lowest BCUT2D eigenvalue weighted by Gasteiger charge is -2.50. The third-order valence-corrected chi connectivity index (χ3v) is 8.90. The van der Waals surface area contributed by atoms with Crippen LogP contribution in [0, 0.1) is 23.2 Å². The largest absolute Gasteiger partial charge is 0.497 e. The van der Waals surface area contributed by atoms with Crippen LogP contribution in [0.2, 0.25) is 5.02 Å². The molecule has 1 aromatic heterocycles. The summed E-state index contributed by atoms with van der Waals surface area (Å²) < 4.78 is 5.22. The molecule has 7 heteroatoms. The maximum atomic E-state index is 12.8. The normalized spacial score (nSPS) is 30.9. The molecule has 2 saturated carbocycles. The molecular weight excluding hydrogens is 450 g/mol. The molecule has 0 radical (unpaired) electrons. The number of anilines is 1. The van der Waals surface area contributed by atoms with E-state index in [1.54, 1.807) is 25.4 Å². The van der Waals surface area contributed by atoms with Crippen molar-refractivity contribution >= 4 is 29.0 Å². The lowest BCUT2D eigenvalue weighted by molar-refractivity contribution is -0.116. The van der Waals surface area contributed by atoms with Crippen molar-refractivity contribution in [3.05, 3.63) is 52.7 Å². The van der Waals surface area contributed by atoms with E-state index in [0.29, 0.717) is 41.7 Å². The minimum Gasteiger partial charge on any atom is -0.497 e. The first kappa shape index (κ1) is 23.2. The SMILES string of the molecule is COc1ccnc(NC(=O)CC[C@@H]2C/C(=N\O)[C@@]3(C)CCC4c5ccc(Cl)cc5CCC4C23)c1. The minimum atomic E-state index is -0.102. The number of aromatic nitrogens is 1. The molecule has 5 rings (SSSR count). The molecule has 0 bridgehead atoms. The van der Waals surface area contributed by atoms with E-state index < -0.39 is 0 Å². The first-order chi connectivity index (χ1) is 16.4. The molecule has 2 N–H and O–H groups in total. The molecule has 2 aromatic rings. The van der Waals surface area contributed by atoms with E-state index in [-0.39, 0.29) is 11.3 Å². The fourth-order valence-corrected chi connectivity index (χ4v) is 7.38. The smallest absolute Gasteiger partial charge is 0.225 e. The van der Waals surface area contributed by atoms with Gasteiger partial charge in [-0.3, -0.25) is 4.79 Å². The summed E-state index contributed by atoms with van der Waals surface area (Å²) in [6, 6.07) is 9.83. The maximum Gasteiger partial charge on any atom is 0.225 e. The standard InChI is InChI=1S/C27H32ClN3O3/c1-27-11-9-21-20-7-5-18(28)13-16(20)3-6-22(21)26(27)17(14-23(27)31-33)4-8-25(32)30-24-15-19(34-2)10-12-29-24/h5,7,10,12-13,15,17,21-22,26,33H,3-4,6,8-9,11,14H2,1-2H3,(H,29,30,32)/b31-23+/t17-,21?,22?,26?,27-/m1/s1. The van der Waals surface area contributed by atoms with Gasteiger partial charge in [0.2, 0.25) is 5.91 Å². The van der Waals surface area contributed by atoms with Gasteiger partial charge in [0.15, 0.2) is 0 Å². The number of methoxy groups -OCH3 is 1. The number of aryl methyl sites for hydroxylation is 1. The number of rotatable bonds is 5. The van der Waals surface area contributed by atoms with Crippen LogP contribution in [-0.2, 0) is 11.2 Å². The Labute approximate surface area is 205 Å². The summed E-state index contributed by atoms with van der Waals surface area (Å²) in [4.78, 5) is 17.0. The first-order valence-electron chi connectivity index (χ1n) is 12.2. The van der Waals surface area contributed by atoms with Crippen LogP contribution >= 0.6 is 11.6 Å². The van der Waals surface area contributed by atoms with Crippen LogP contribution in [0.15, 0.2) is 41.7 Å². The third-order valence-electron chi connectivity index (χ3n) is 8.66. The molecule has 3 aliphatic carbocycles. The van der Waals surface area contributed by atoms with Gasteiger partial charge in [0.05, 0.1) is 12.8 Å². The molecule has 6 nitrogen and oxygen atoms in total. The van der Waals surface area contributed by atoms with Crippen molar-refractivity contribution < 1.29 is 14.7 Å². The highest BCUT2D eigenvalue weighted by molar-refractivity contribution is 6.30. The van der Waals surface area contributed by atoms with Gasteiger partial charge >= 0.3 is 0 Å². The fraction of sp³-hybridized carbons (Fsp3) is 0.519. The van der Waals surface area contributed by atoms with Gasteiger partial charge in [0.1, 0.15) is 11.6 Å². The number of hydrogen-bond donors (Lipinski definition) is 2. The van der Waals surface area contributed by atoms with Crippen LogP contribution in [0.5, 0.6) is 5.75 Å². The molecule has 0 saturated heterocycles. The lowest BCUT2D eigenvalue weighted by atomic mass is 9.54. The Hall–Kier alpha value is -2.60. The molecule has 0 aliphatic heterocycles. The summed E-state index contributed by atoms with van der Waals surface area (Å²) in [5.74, 6) is 2.87. The fourth-order valence-electron chi connectivity index (χ4n) is 7.18. The van der Waals surface area contributed by atoms with E-state index >= 15 is 0 Å². The topological polar surface area (TPSA) is 83.8 Å². The number of carbonyl (C=O) groups excluding carboxylic acids is 1. The van der Waals surface area contributed by atoms with Crippen molar-refractivity contribution in [2.75, 3.05) is 12.4 Å². The predicted octanol–water partition coefficient (Wildman–Crippen LogP) is 6.07. The van der Waals surface area contributed by atoms with E-state index in [2.05, 4.69) is 34.5 Å². The van der Waals surface area contributed by atoms with Crippen molar-refractivity contribution in [2.45, 2.75) is 57.8 Å². The molecule has 34 heavy (non-hydrogen) atoms. The van der Waals surface area contributed by atoms with Crippen LogP contribution in [0.1, 0.15) is 62.5 Å². The number of ether oxygens (including phenoxy) is 1. The van der Waals surface area contributed by atoms with Crippen LogP contribution in [-0.4, -0.2) is 28.9 Å². The Morgan fingerprint density at radius 3 is 2.97 bits per heavy atom. The number of fused-ring (bicyclic) bond motifs is 5. The minimum absolute atomic E-state index is 0.0483. The Bertz CT molecular complexity index is 1120. The van der Waals surface area contributed by atoms with Crippen LogP contribution in [0.3, 0.4) is 0 Å². The second kappa shape index (κ2) is 9.21. The van der Waals surface area contributed by atoms with E-state index in [9.17, 15) is 10.0 Å². The Morgan fingerprint density at radius 2 is 2.18 bits per heavy atom. The van der Waals surface area contributed by atoms with E-state index in [4.69, 9.17) is 16.3 Å². The summed E-state index contributed by atoms with van der Waals surface area (Å²) in [7, 11) is 1.59. The van der Waals surface area contributed by atoms with Crippen LogP contribution < -0.4 is 10.1 Å². The van der Waals surface area contributed by atoms with Crippen molar-refractivity contribution in [3.8, 4) is 5.75 Å². The van der Waals surface area contributed by atoms with Gasteiger partial charge in [-0.2, -0.15) is 0 Å². The van der Waals surface area contributed by atoms with Gasteiger partial charge in [0, 0.05) is 29.1 Å². The summed E-state index contributed by atoms with van der Waals surface area (Å²) in [6.07, 6.45) is 7.83. The zero-order valence-electron chi connectivity index (χ0n) is 19.8. The number of halogens is 1. The van der Waals surface area contributed by atoms with Crippen molar-refractivity contribution in [2.24, 2.45) is 28.3 Å². The van der Waals surface area contributed by atoms with Gasteiger partial charge in [0.25, 0.3) is 0 Å². The van der Waals surface area contributed by atoms with Crippen molar-refractivity contribution in [3.63, 3.8) is 0 Å². The van der Waals surface area contributed by atoms with Crippen molar-refractivity contribution in [1.82, 2.24) is 4.98 Å². The molecule has 1 aromatic carbocycles. The van der Waals surface area contributed by atoms with Gasteiger partial charge in [-0.15, -0.1) is 0 Å². The summed E-state index contributed by atoms with van der Waals surface area (Å²) in [6.45, 7) is 2.28. The summed E-state index contributed by atoms with van der Waals surface area (Å²) >= 11 is 6.28. The summed E-state index contributed by atoms with van der Waals surface area (Å²) in [5, 5.41) is 17.4. The molecule has 1 amide bonds. The van der Waals surface area contributed by atoms with E-state index in [1.807, 2.05) is 6.07 Å². The predicted molar refractivity (Wildman–Crippen MR) is 133 cm³/mol. The van der Waals surface area contributed by atoms with Crippen LogP contribution in [0.25, 0.3) is 0 Å². The molecule has 3 aliphatic rings. The second-order valence-corrected chi connectivity index (χ2v) is 10.7. The Kier molecular flexibility index (Phi) is 6.28. The van der Waals surface area contributed by atoms with Crippen LogP contribution in [0.4, 0.5) is 5.82 Å². The average Bonchev–Trinajstić information content (AvgIpc) is 3.14. The average molecular weight is 482 g/mol. The first-order valence-corrected chi connectivity index (χ1v) is 12.6. The second-order valence-electron chi connectivity index (χ2n) is 10.3. The zero-order valence-corrected chi connectivity index (χ0v) is 20.5. The molecule has 1 heterocycles. The van der Waals surface area contributed by atoms with Gasteiger partial charge < -0.3 is 15.3 Å². The van der Waals surface area contributed by atoms with Crippen molar-refractivity contribution in [1.29, 1.82) is 0 Å². The zero-order chi connectivity index (χ0) is 23.9. The molecule has 3 unspecified atom stereocenters. The lowest BCUT2D eigenvalue weighted by Crippen LogP contribution is -2.44. The van der Waals surface area contributed by atoms with Gasteiger partial charge in [-0.05, 0) is 91.5 Å². The Balaban J connectivity index is 1.33. The summed E-state index contributed by atoms with van der Waals surface area (Å²) in [5.41, 5.74) is 3.64. The number of amides is 1. The number of nitrogens with one attached hydrogen (secondary N) is 1.